The van der Waals surface area contributed by atoms with E-state index in [1.54, 1.807) is 0 Å². The maximum atomic E-state index is 10.3. The number of aliphatic hydroxyl groups excluding tert-OH is 1. The van der Waals surface area contributed by atoms with Gasteiger partial charge in [-0.1, -0.05) is 0 Å². The Morgan fingerprint density at radius 1 is 1.78 bits per heavy atom. The molecule has 3 N–H and O–H groups in total. The minimum atomic E-state index is -0.824. The molecule has 0 radical (unpaired) electrons. The van der Waals surface area contributed by atoms with Gasteiger partial charge in [0.15, 0.2) is 0 Å². The molecule has 1 fully saturated rings. The number of carbonyl (C=O) groups excluding carboxylic acids is 1. The lowest BCUT2D eigenvalue weighted by molar-refractivity contribution is -0.139. The van der Waals surface area contributed by atoms with Crippen LogP contribution in [0.1, 0.15) is 0 Å². The number of carbonyl (C=O) groups is 1. The van der Waals surface area contributed by atoms with Crippen LogP contribution in [-0.4, -0.2) is 29.8 Å². The van der Waals surface area contributed by atoms with E-state index in [4.69, 9.17) is 10.8 Å². The molecule has 54 valence electrons. The fourth-order valence-electron chi connectivity index (χ4n) is 0.524. The number of hydrogen-bond acceptors (Lipinski definition) is 4. The molecule has 0 aliphatic carbocycles. The topological polar surface area (TPSA) is 72.6 Å². The van der Waals surface area contributed by atoms with Gasteiger partial charge in [0.05, 0.1) is 0 Å². The van der Waals surface area contributed by atoms with Crippen molar-refractivity contribution in [2.75, 3.05) is 6.61 Å². The molecule has 9 heavy (non-hydrogen) atoms. The Hall–Kier alpha value is -0.320. The molecule has 2 atom stereocenters. The maximum Gasteiger partial charge on any atom is 0.325 e. The van der Waals surface area contributed by atoms with Gasteiger partial charge in [0.1, 0.15) is 18.8 Å². The molecule has 0 aromatic heterocycles. The normalized spacial score (nSPS) is 33.3. The Labute approximate surface area is 58.4 Å². The second kappa shape index (κ2) is 3.00. The van der Waals surface area contributed by atoms with Crippen molar-refractivity contribution < 1.29 is 14.6 Å². The molecule has 5 heteroatoms. The second-order valence-electron chi connectivity index (χ2n) is 1.72. The molecule has 0 unspecified atom stereocenters. The van der Waals surface area contributed by atoms with Crippen molar-refractivity contribution in [3.05, 3.63) is 0 Å². The third-order valence-corrected chi connectivity index (χ3v) is 1.08. The van der Waals surface area contributed by atoms with Gasteiger partial charge in [-0.25, -0.2) is 0 Å². The molecule has 0 bridgehead atoms. The van der Waals surface area contributed by atoms with Crippen molar-refractivity contribution in [2.24, 2.45) is 5.73 Å². The number of cyclic esters (lactones) is 1. The van der Waals surface area contributed by atoms with E-state index in [1.165, 1.54) is 0 Å². The van der Waals surface area contributed by atoms with E-state index in [-0.39, 0.29) is 19.0 Å². The molecular formula is C4H8ClNO3. The van der Waals surface area contributed by atoms with E-state index in [1.807, 2.05) is 0 Å². The first-order chi connectivity index (χ1) is 3.72. The molecular weight excluding hydrogens is 146 g/mol. The summed E-state index contributed by atoms with van der Waals surface area (Å²) >= 11 is 0. The Kier molecular flexibility index (Phi) is 2.90. The van der Waals surface area contributed by atoms with Crippen LogP contribution >= 0.6 is 12.4 Å². The fourth-order valence-corrected chi connectivity index (χ4v) is 0.524. The zero-order valence-corrected chi connectivity index (χ0v) is 5.43. The summed E-state index contributed by atoms with van der Waals surface area (Å²) in [7, 11) is 0. The first-order valence-electron chi connectivity index (χ1n) is 2.32. The van der Waals surface area contributed by atoms with E-state index >= 15 is 0 Å². The summed E-state index contributed by atoms with van der Waals surface area (Å²) in [6.07, 6.45) is -0.803. The molecule has 0 aromatic carbocycles. The number of halogens is 1. The first kappa shape index (κ1) is 8.68. The van der Waals surface area contributed by atoms with Gasteiger partial charge in [0.2, 0.25) is 0 Å². The van der Waals surface area contributed by atoms with Crippen LogP contribution in [0.4, 0.5) is 0 Å². The highest BCUT2D eigenvalue weighted by Gasteiger charge is 2.31. The molecule has 1 heterocycles. The molecule has 0 spiro atoms. The number of esters is 1. The van der Waals surface area contributed by atoms with Crippen molar-refractivity contribution in [3.63, 3.8) is 0 Å². The molecule has 4 nitrogen and oxygen atoms in total. The third-order valence-electron chi connectivity index (χ3n) is 1.08. The summed E-state index contributed by atoms with van der Waals surface area (Å²) < 4.78 is 4.36. The lowest BCUT2D eigenvalue weighted by Gasteiger charge is -1.98. The minimum absolute atomic E-state index is 0. The van der Waals surface area contributed by atoms with Gasteiger partial charge in [-0.2, -0.15) is 0 Å². The van der Waals surface area contributed by atoms with Crippen LogP contribution < -0.4 is 5.73 Å². The van der Waals surface area contributed by atoms with Crippen molar-refractivity contribution in [1.82, 2.24) is 0 Å². The van der Waals surface area contributed by atoms with Crippen molar-refractivity contribution in [2.45, 2.75) is 12.1 Å². The summed E-state index contributed by atoms with van der Waals surface area (Å²) in [5, 5.41) is 8.70. The quantitative estimate of drug-likeness (QED) is 0.423. The van der Waals surface area contributed by atoms with Crippen LogP contribution in [0.25, 0.3) is 0 Å². The van der Waals surface area contributed by atoms with Crippen molar-refractivity contribution >= 4 is 18.4 Å². The Bertz CT molecular complexity index is 118. The molecule has 0 saturated carbocycles. The number of ether oxygens (including phenoxy) is 1. The number of aliphatic hydroxyl groups is 1. The third kappa shape index (κ3) is 1.54. The average Bonchev–Trinajstić information content (AvgIpc) is 1.98. The monoisotopic (exact) mass is 153 g/mol. The molecule has 1 rings (SSSR count). The molecule has 1 aliphatic rings. The van der Waals surface area contributed by atoms with E-state index < -0.39 is 18.1 Å². The number of rotatable bonds is 0. The minimum Gasteiger partial charge on any atom is -0.462 e. The van der Waals surface area contributed by atoms with Gasteiger partial charge in [-0.3, -0.25) is 4.79 Å². The highest BCUT2D eigenvalue weighted by Crippen LogP contribution is 2.02. The van der Waals surface area contributed by atoms with Crippen LogP contribution in [0, 0.1) is 0 Å². The fraction of sp³-hybridized carbons (Fsp3) is 0.750. The molecule has 1 saturated heterocycles. The molecule has 0 aromatic rings. The van der Waals surface area contributed by atoms with E-state index in [2.05, 4.69) is 4.74 Å². The van der Waals surface area contributed by atoms with Crippen LogP contribution in [0.3, 0.4) is 0 Å². The SMILES string of the molecule is Cl.N[C@@H]1C(=O)OC[C@@H]1O. The summed E-state index contributed by atoms with van der Waals surface area (Å²) in [4.78, 5) is 10.3. The second-order valence-corrected chi connectivity index (χ2v) is 1.72. The Morgan fingerprint density at radius 2 is 2.33 bits per heavy atom. The largest absolute Gasteiger partial charge is 0.462 e. The maximum absolute atomic E-state index is 10.3. The van der Waals surface area contributed by atoms with Crippen LogP contribution in [0.15, 0.2) is 0 Å². The van der Waals surface area contributed by atoms with E-state index in [0.29, 0.717) is 0 Å². The van der Waals surface area contributed by atoms with Gasteiger partial charge in [-0.15, -0.1) is 12.4 Å². The lowest BCUT2D eigenvalue weighted by atomic mass is 10.2. The zero-order valence-electron chi connectivity index (χ0n) is 4.61. The predicted molar refractivity (Wildman–Crippen MR) is 32.2 cm³/mol. The van der Waals surface area contributed by atoms with Crippen LogP contribution in [-0.2, 0) is 9.53 Å². The summed E-state index contributed by atoms with van der Waals surface area (Å²) in [5.74, 6) is -0.516. The van der Waals surface area contributed by atoms with Gasteiger partial charge >= 0.3 is 5.97 Å². The number of hydrogen-bond donors (Lipinski definition) is 2. The van der Waals surface area contributed by atoms with Crippen LogP contribution in [0.2, 0.25) is 0 Å². The highest BCUT2D eigenvalue weighted by molar-refractivity contribution is 5.85. The lowest BCUT2D eigenvalue weighted by Crippen LogP contribution is -2.35. The van der Waals surface area contributed by atoms with Gasteiger partial charge in [-0.05, 0) is 0 Å². The standard InChI is InChI=1S/C4H7NO3.ClH/c5-3-2(6)1-8-4(3)7;/h2-3,6H,1,5H2;1H/t2-,3-;/m0./s1. The zero-order chi connectivity index (χ0) is 6.15. The molecule has 1 aliphatic heterocycles. The smallest absolute Gasteiger partial charge is 0.325 e. The summed E-state index contributed by atoms with van der Waals surface area (Å²) in [6, 6.07) is -0.824. The first-order valence-corrected chi connectivity index (χ1v) is 2.32. The van der Waals surface area contributed by atoms with Gasteiger partial charge in [0.25, 0.3) is 0 Å². The Balaban J connectivity index is 0.000000640. The average molecular weight is 154 g/mol. The summed E-state index contributed by atoms with van der Waals surface area (Å²) in [6.45, 7) is 0.0417. The van der Waals surface area contributed by atoms with Crippen molar-refractivity contribution in [3.8, 4) is 0 Å². The molecule has 0 amide bonds. The predicted octanol–water partition coefficient (Wildman–Crippen LogP) is -1.35. The van der Waals surface area contributed by atoms with E-state index in [9.17, 15) is 4.79 Å². The van der Waals surface area contributed by atoms with Gasteiger partial charge in [0, 0.05) is 0 Å². The summed E-state index contributed by atoms with van der Waals surface area (Å²) in [5.41, 5.74) is 5.10. The van der Waals surface area contributed by atoms with Crippen LogP contribution in [0.5, 0.6) is 0 Å². The Morgan fingerprint density at radius 3 is 2.44 bits per heavy atom. The van der Waals surface area contributed by atoms with Gasteiger partial charge < -0.3 is 15.6 Å². The number of nitrogens with two attached hydrogens (primary N) is 1. The van der Waals surface area contributed by atoms with Crippen molar-refractivity contribution in [1.29, 1.82) is 0 Å². The highest BCUT2D eigenvalue weighted by atomic mass is 35.5. The van der Waals surface area contributed by atoms with E-state index in [0.717, 1.165) is 0 Å².